The van der Waals surface area contributed by atoms with E-state index in [0.29, 0.717) is 11.0 Å². The number of hydrogen-bond acceptors (Lipinski definition) is 4. The fraction of sp³-hybridized carbons (Fsp3) is 0.105. The molecule has 0 radical (unpaired) electrons. The average Bonchev–Trinajstić information content (AvgIpc) is 3.09. The Kier molecular flexibility index (Phi) is 5.07. The van der Waals surface area contributed by atoms with Gasteiger partial charge in [0.2, 0.25) is 5.95 Å². The number of aromatic nitrogens is 2. The van der Waals surface area contributed by atoms with Crippen molar-refractivity contribution >= 4 is 55.1 Å². The number of hydrogen-bond donors (Lipinski definition) is 0. The van der Waals surface area contributed by atoms with Gasteiger partial charge in [0.25, 0.3) is 0 Å². The van der Waals surface area contributed by atoms with E-state index in [-0.39, 0.29) is 6.04 Å². The lowest BCUT2D eigenvalue weighted by Crippen LogP contribution is -2.20. The monoisotopic (exact) mass is 490 g/mol. The Morgan fingerprint density at radius 2 is 1.54 bits per heavy atom. The summed E-state index contributed by atoms with van der Waals surface area (Å²) in [6, 6.07) is 16.1. The van der Waals surface area contributed by atoms with Crippen molar-refractivity contribution in [2.75, 3.05) is 5.01 Å². The van der Waals surface area contributed by atoms with Crippen LogP contribution in [0.1, 0.15) is 23.6 Å². The van der Waals surface area contributed by atoms with Crippen LogP contribution in [0.2, 0.25) is 5.02 Å². The maximum atomic E-state index is 6.02. The van der Waals surface area contributed by atoms with Gasteiger partial charge in [-0.1, -0.05) is 51.8 Å². The normalized spacial score (nSPS) is 16.7. The number of benzene rings is 2. The van der Waals surface area contributed by atoms with E-state index in [1.54, 1.807) is 12.4 Å². The van der Waals surface area contributed by atoms with Gasteiger partial charge >= 0.3 is 0 Å². The molecule has 2 aromatic carbocycles. The number of hydrazone groups is 1. The van der Waals surface area contributed by atoms with Crippen LogP contribution in [-0.4, -0.2) is 15.7 Å². The fourth-order valence-electron chi connectivity index (χ4n) is 2.88. The van der Waals surface area contributed by atoms with Crippen LogP contribution in [0.4, 0.5) is 5.95 Å². The third-order valence-corrected chi connectivity index (χ3v) is 5.34. The zero-order valence-electron chi connectivity index (χ0n) is 13.5. The van der Waals surface area contributed by atoms with Gasteiger partial charge in [-0.05, 0) is 51.3 Å². The molecule has 1 aliphatic rings. The van der Waals surface area contributed by atoms with E-state index >= 15 is 0 Å². The standard InChI is InChI=1S/C19H13Br2ClN4/c20-14-5-1-13(2-6-14)18-9-17(12-3-7-16(22)8-4-12)25-26(18)19-23-10-15(21)11-24-19/h1-8,10-11,18H,9H2/t18-/m1/s1. The Bertz CT molecular complexity index is 941. The van der Waals surface area contributed by atoms with Crippen LogP contribution in [0.5, 0.6) is 0 Å². The molecule has 4 nitrogen and oxygen atoms in total. The lowest BCUT2D eigenvalue weighted by atomic mass is 9.98. The number of halogens is 3. The third-order valence-electron chi connectivity index (χ3n) is 4.15. The van der Waals surface area contributed by atoms with Gasteiger partial charge in [-0.15, -0.1) is 0 Å². The van der Waals surface area contributed by atoms with Crippen molar-refractivity contribution in [3.63, 3.8) is 0 Å². The molecule has 4 rings (SSSR count). The SMILES string of the molecule is Clc1ccc(C2=NN(c3ncc(Br)cn3)[C@@H](c3ccc(Br)cc3)C2)cc1. The molecule has 0 spiro atoms. The predicted octanol–water partition coefficient (Wildman–Crippen LogP) is 6.01. The summed E-state index contributed by atoms with van der Waals surface area (Å²) in [4.78, 5) is 8.85. The van der Waals surface area contributed by atoms with E-state index in [0.717, 1.165) is 32.2 Å². The predicted molar refractivity (Wildman–Crippen MR) is 112 cm³/mol. The fourth-order valence-corrected chi connectivity index (χ4v) is 3.47. The second-order valence-corrected chi connectivity index (χ2v) is 8.14. The molecule has 0 fully saturated rings. The minimum absolute atomic E-state index is 0.0370. The molecule has 130 valence electrons. The molecule has 0 saturated carbocycles. The smallest absolute Gasteiger partial charge is 0.223 e. The first kappa shape index (κ1) is 17.6. The van der Waals surface area contributed by atoms with E-state index in [4.69, 9.17) is 16.7 Å². The number of anilines is 1. The zero-order chi connectivity index (χ0) is 18.1. The van der Waals surface area contributed by atoms with Crippen LogP contribution in [0, 0.1) is 0 Å². The average molecular weight is 493 g/mol. The molecule has 26 heavy (non-hydrogen) atoms. The zero-order valence-corrected chi connectivity index (χ0v) is 17.4. The molecule has 0 aliphatic carbocycles. The molecule has 3 aromatic rings. The molecular formula is C19H13Br2ClN4. The molecule has 0 bridgehead atoms. The maximum Gasteiger partial charge on any atom is 0.246 e. The summed E-state index contributed by atoms with van der Waals surface area (Å²) < 4.78 is 1.88. The van der Waals surface area contributed by atoms with E-state index in [1.165, 1.54) is 0 Å². The van der Waals surface area contributed by atoms with E-state index in [1.807, 2.05) is 41.4 Å². The van der Waals surface area contributed by atoms with Crippen LogP contribution in [0.15, 0.2) is 75.0 Å². The summed E-state index contributed by atoms with van der Waals surface area (Å²) >= 11 is 12.9. The van der Waals surface area contributed by atoms with E-state index < -0.39 is 0 Å². The topological polar surface area (TPSA) is 41.4 Å². The van der Waals surface area contributed by atoms with Gasteiger partial charge < -0.3 is 0 Å². The van der Waals surface area contributed by atoms with Crippen molar-refractivity contribution in [3.8, 4) is 0 Å². The third kappa shape index (κ3) is 3.68. The van der Waals surface area contributed by atoms with Gasteiger partial charge in [-0.2, -0.15) is 5.10 Å². The summed E-state index contributed by atoms with van der Waals surface area (Å²) in [5, 5.41) is 7.42. The highest BCUT2D eigenvalue weighted by atomic mass is 79.9. The van der Waals surface area contributed by atoms with Crippen molar-refractivity contribution in [1.82, 2.24) is 9.97 Å². The minimum atomic E-state index is 0.0370. The molecule has 0 N–H and O–H groups in total. The summed E-state index contributed by atoms with van der Waals surface area (Å²) in [5.74, 6) is 0.574. The molecule has 2 heterocycles. The summed E-state index contributed by atoms with van der Waals surface area (Å²) in [6.07, 6.45) is 4.23. The molecule has 7 heteroatoms. The van der Waals surface area contributed by atoms with Crippen LogP contribution in [0.3, 0.4) is 0 Å². The lowest BCUT2D eigenvalue weighted by Gasteiger charge is -2.21. The molecule has 0 saturated heterocycles. The van der Waals surface area contributed by atoms with Crippen molar-refractivity contribution in [1.29, 1.82) is 0 Å². The number of nitrogens with zero attached hydrogens (tertiary/aromatic N) is 4. The Morgan fingerprint density at radius 3 is 2.19 bits per heavy atom. The Balaban J connectivity index is 1.74. The second kappa shape index (κ2) is 7.47. The Morgan fingerprint density at radius 1 is 0.885 bits per heavy atom. The molecule has 1 aromatic heterocycles. The molecule has 1 aliphatic heterocycles. The maximum absolute atomic E-state index is 6.02. The van der Waals surface area contributed by atoms with Gasteiger partial charge in [0.05, 0.1) is 16.2 Å². The summed E-state index contributed by atoms with van der Waals surface area (Å²) in [6.45, 7) is 0. The van der Waals surface area contributed by atoms with Crippen molar-refractivity contribution in [2.24, 2.45) is 5.10 Å². The van der Waals surface area contributed by atoms with Gasteiger partial charge in [-0.25, -0.2) is 15.0 Å². The van der Waals surface area contributed by atoms with Crippen LogP contribution in [0.25, 0.3) is 0 Å². The first-order valence-electron chi connectivity index (χ1n) is 7.96. The Hall–Kier alpha value is -1.76. The second-order valence-electron chi connectivity index (χ2n) is 5.87. The summed E-state index contributed by atoms with van der Waals surface area (Å²) in [7, 11) is 0. The highest BCUT2D eigenvalue weighted by Crippen LogP contribution is 2.35. The molecule has 1 atom stereocenters. The van der Waals surface area contributed by atoms with Crippen LogP contribution >= 0.6 is 43.5 Å². The molecule has 0 unspecified atom stereocenters. The largest absolute Gasteiger partial charge is 0.246 e. The first-order chi connectivity index (χ1) is 12.6. The van der Waals surface area contributed by atoms with Crippen LogP contribution < -0.4 is 5.01 Å². The van der Waals surface area contributed by atoms with Gasteiger partial charge in [0.1, 0.15) is 0 Å². The summed E-state index contributed by atoms with van der Waals surface area (Å²) in [5.41, 5.74) is 3.20. The van der Waals surface area contributed by atoms with Crippen LogP contribution in [-0.2, 0) is 0 Å². The van der Waals surface area contributed by atoms with E-state index in [9.17, 15) is 0 Å². The molecular weight excluding hydrogens is 479 g/mol. The minimum Gasteiger partial charge on any atom is -0.223 e. The highest BCUT2D eigenvalue weighted by Gasteiger charge is 2.31. The molecule has 0 amide bonds. The first-order valence-corrected chi connectivity index (χ1v) is 9.92. The van der Waals surface area contributed by atoms with Crippen molar-refractivity contribution < 1.29 is 0 Å². The Labute approximate surface area is 173 Å². The van der Waals surface area contributed by atoms with Crippen molar-refractivity contribution in [2.45, 2.75) is 12.5 Å². The van der Waals surface area contributed by atoms with Crippen molar-refractivity contribution in [3.05, 3.63) is 86.0 Å². The lowest BCUT2D eigenvalue weighted by molar-refractivity contribution is 0.686. The van der Waals surface area contributed by atoms with Gasteiger partial charge in [0, 0.05) is 28.3 Å². The van der Waals surface area contributed by atoms with Gasteiger partial charge in [-0.3, -0.25) is 0 Å². The van der Waals surface area contributed by atoms with E-state index in [2.05, 4.69) is 54.0 Å². The quantitative estimate of drug-likeness (QED) is 0.450. The highest BCUT2D eigenvalue weighted by molar-refractivity contribution is 9.10. The number of rotatable bonds is 3. The van der Waals surface area contributed by atoms with Gasteiger partial charge in [0.15, 0.2) is 0 Å².